The molecular formula is C22H24N4O2. The molecule has 0 atom stereocenters. The number of aromatic nitrogens is 2. The van der Waals surface area contributed by atoms with Crippen molar-refractivity contribution in [2.75, 3.05) is 10.6 Å². The molecule has 28 heavy (non-hydrogen) atoms. The lowest BCUT2D eigenvalue weighted by Crippen LogP contribution is -2.15. The summed E-state index contributed by atoms with van der Waals surface area (Å²) in [6, 6.07) is 13.3. The van der Waals surface area contributed by atoms with Gasteiger partial charge in [-0.3, -0.25) is 9.59 Å². The third kappa shape index (κ3) is 4.28. The number of anilines is 3. The van der Waals surface area contributed by atoms with Gasteiger partial charge in [-0.25, -0.2) is 4.98 Å². The van der Waals surface area contributed by atoms with E-state index in [0.717, 1.165) is 28.2 Å². The number of pyridine rings is 2. The Hall–Kier alpha value is -3.41. The van der Waals surface area contributed by atoms with Crippen LogP contribution >= 0.6 is 0 Å². The van der Waals surface area contributed by atoms with Gasteiger partial charge in [0.15, 0.2) is 0 Å². The number of hydrogen-bond donors (Lipinski definition) is 3. The second kappa shape index (κ2) is 8.08. The van der Waals surface area contributed by atoms with Gasteiger partial charge in [-0.2, -0.15) is 0 Å². The molecule has 3 N–H and O–H groups in total. The summed E-state index contributed by atoms with van der Waals surface area (Å²) >= 11 is 0. The van der Waals surface area contributed by atoms with E-state index in [0.29, 0.717) is 11.4 Å². The van der Waals surface area contributed by atoms with Crippen molar-refractivity contribution in [1.29, 1.82) is 0 Å². The van der Waals surface area contributed by atoms with Crippen LogP contribution in [-0.2, 0) is 4.79 Å². The smallest absolute Gasteiger partial charge is 0.256 e. The lowest BCUT2D eigenvalue weighted by Gasteiger charge is -2.17. The molecule has 3 aromatic rings. The van der Waals surface area contributed by atoms with Crippen LogP contribution in [0.4, 0.5) is 17.2 Å². The highest BCUT2D eigenvalue weighted by atomic mass is 16.1. The molecule has 6 heteroatoms. The first kappa shape index (κ1) is 19.4. The minimum Gasteiger partial charge on any atom is -0.354 e. The number of carbonyl (C=O) groups excluding carboxylic acids is 1. The lowest BCUT2D eigenvalue weighted by molar-refractivity contribution is -0.114. The third-order valence-electron chi connectivity index (χ3n) is 4.43. The second-order valence-electron chi connectivity index (χ2n) is 7.05. The van der Waals surface area contributed by atoms with E-state index in [4.69, 9.17) is 0 Å². The Balaban J connectivity index is 2.07. The monoisotopic (exact) mass is 376 g/mol. The Morgan fingerprint density at radius 3 is 2.54 bits per heavy atom. The van der Waals surface area contributed by atoms with E-state index in [1.807, 2.05) is 57.2 Å². The Bertz CT molecular complexity index is 1070. The number of aromatic amines is 1. The second-order valence-corrected chi connectivity index (χ2v) is 7.05. The van der Waals surface area contributed by atoms with Crippen LogP contribution in [-0.4, -0.2) is 15.9 Å². The quantitative estimate of drug-likeness (QED) is 0.609. The van der Waals surface area contributed by atoms with Crippen molar-refractivity contribution in [1.82, 2.24) is 9.97 Å². The fourth-order valence-corrected chi connectivity index (χ4v) is 3.09. The predicted molar refractivity (Wildman–Crippen MR) is 113 cm³/mol. The van der Waals surface area contributed by atoms with Crippen LogP contribution in [0.25, 0.3) is 11.1 Å². The van der Waals surface area contributed by atoms with E-state index >= 15 is 0 Å². The molecule has 0 fully saturated rings. The Labute approximate surface area is 164 Å². The van der Waals surface area contributed by atoms with Crippen LogP contribution in [0.5, 0.6) is 0 Å². The summed E-state index contributed by atoms with van der Waals surface area (Å²) in [5.74, 6) is 0.406. The number of nitrogens with one attached hydrogen (secondary N) is 3. The zero-order chi connectivity index (χ0) is 20.3. The van der Waals surface area contributed by atoms with Crippen LogP contribution in [0.1, 0.15) is 37.9 Å². The lowest BCUT2D eigenvalue weighted by atomic mass is 9.99. The van der Waals surface area contributed by atoms with Crippen molar-refractivity contribution in [3.63, 3.8) is 0 Å². The van der Waals surface area contributed by atoms with Crippen LogP contribution in [0.2, 0.25) is 0 Å². The first-order valence-corrected chi connectivity index (χ1v) is 9.19. The van der Waals surface area contributed by atoms with Gasteiger partial charge in [0, 0.05) is 36.1 Å². The number of benzene rings is 1. The van der Waals surface area contributed by atoms with Gasteiger partial charge < -0.3 is 15.6 Å². The Morgan fingerprint density at radius 2 is 1.86 bits per heavy atom. The highest BCUT2D eigenvalue weighted by molar-refractivity contribution is 5.88. The van der Waals surface area contributed by atoms with Crippen molar-refractivity contribution < 1.29 is 4.79 Å². The first-order valence-electron chi connectivity index (χ1n) is 9.19. The van der Waals surface area contributed by atoms with Gasteiger partial charge in [0.25, 0.3) is 5.56 Å². The molecule has 0 saturated carbocycles. The van der Waals surface area contributed by atoms with Gasteiger partial charge in [-0.15, -0.1) is 0 Å². The van der Waals surface area contributed by atoms with Gasteiger partial charge in [0.2, 0.25) is 5.91 Å². The van der Waals surface area contributed by atoms with E-state index in [2.05, 4.69) is 20.6 Å². The number of amides is 1. The SMILES string of the molecule is CC(=O)Nc1cc(Nc2cc(-c3ccccc3C)c(=O)[nH]c2C(C)C)ccn1. The van der Waals surface area contributed by atoms with Crippen LogP contribution in [0.3, 0.4) is 0 Å². The molecule has 2 aromatic heterocycles. The van der Waals surface area contributed by atoms with Crippen molar-refractivity contribution in [3.05, 3.63) is 70.3 Å². The summed E-state index contributed by atoms with van der Waals surface area (Å²) in [6.45, 7) is 7.48. The molecule has 3 rings (SSSR count). The molecule has 0 aliphatic rings. The molecule has 0 unspecified atom stereocenters. The summed E-state index contributed by atoms with van der Waals surface area (Å²) in [4.78, 5) is 31.2. The zero-order valence-electron chi connectivity index (χ0n) is 16.5. The summed E-state index contributed by atoms with van der Waals surface area (Å²) in [7, 11) is 0. The number of H-pyrrole nitrogens is 1. The van der Waals surface area contributed by atoms with E-state index in [9.17, 15) is 9.59 Å². The Kier molecular flexibility index (Phi) is 5.59. The van der Waals surface area contributed by atoms with E-state index in [1.165, 1.54) is 6.92 Å². The molecule has 1 aromatic carbocycles. The van der Waals surface area contributed by atoms with Gasteiger partial charge in [0.05, 0.1) is 5.69 Å². The first-order chi connectivity index (χ1) is 13.3. The highest BCUT2D eigenvalue weighted by Crippen LogP contribution is 2.29. The summed E-state index contributed by atoms with van der Waals surface area (Å²) in [5, 5.41) is 6.04. The molecule has 0 bridgehead atoms. The Morgan fingerprint density at radius 1 is 1.11 bits per heavy atom. The number of rotatable bonds is 5. The predicted octanol–water partition coefficient (Wildman–Crippen LogP) is 4.57. The number of nitrogens with zero attached hydrogens (tertiary/aromatic N) is 1. The van der Waals surface area contributed by atoms with Gasteiger partial charge in [0.1, 0.15) is 5.82 Å². The van der Waals surface area contributed by atoms with Crippen molar-refractivity contribution in [3.8, 4) is 11.1 Å². The maximum Gasteiger partial charge on any atom is 0.256 e. The van der Waals surface area contributed by atoms with Crippen molar-refractivity contribution in [2.24, 2.45) is 0 Å². The molecule has 0 spiro atoms. The van der Waals surface area contributed by atoms with E-state index in [-0.39, 0.29) is 17.4 Å². The van der Waals surface area contributed by atoms with Crippen LogP contribution < -0.4 is 16.2 Å². The molecular weight excluding hydrogens is 352 g/mol. The number of aryl methyl sites for hydroxylation is 1. The normalized spacial score (nSPS) is 10.8. The minimum atomic E-state index is -0.182. The summed E-state index contributed by atoms with van der Waals surface area (Å²) in [5.41, 5.74) is 4.83. The average Bonchev–Trinajstić information content (AvgIpc) is 2.63. The molecule has 2 heterocycles. The van der Waals surface area contributed by atoms with Crippen molar-refractivity contribution in [2.45, 2.75) is 33.6 Å². The number of hydrogen-bond acceptors (Lipinski definition) is 4. The van der Waals surface area contributed by atoms with Gasteiger partial charge in [-0.05, 0) is 36.1 Å². The highest BCUT2D eigenvalue weighted by Gasteiger charge is 2.14. The fraction of sp³-hybridized carbons (Fsp3) is 0.227. The average molecular weight is 376 g/mol. The molecule has 1 amide bonds. The molecule has 144 valence electrons. The molecule has 0 saturated heterocycles. The topological polar surface area (TPSA) is 86.9 Å². The fourth-order valence-electron chi connectivity index (χ4n) is 3.09. The van der Waals surface area contributed by atoms with E-state index < -0.39 is 0 Å². The van der Waals surface area contributed by atoms with Crippen LogP contribution in [0.15, 0.2) is 53.5 Å². The van der Waals surface area contributed by atoms with Crippen molar-refractivity contribution >= 4 is 23.1 Å². The molecule has 0 aliphatic heterocycles. The molecule has 0 radical (unpaired) electrons. The minimum absolute atomic E-state index is 0.114. The van der Waals surface area contributed by atoms with E-state index in [1.54, 1.807) is 12.3 Å². The third-order valence-corrected chi connectivity index (χ3v) is 4.43. The largest absolute Gasteiger partial charge is 0.354 e. The number of carbonyl (C=O) groups is 1. The zero-order valence-corrected chi connectivity index (χ0v) is 16.5. The molecule has 6 nitrogen and oxygen atoms in total. The maximum atomic E-state index is 12.7. The molecule has 0 aliphatic carbocycles. The summed E-state index contributed by atoms with van der Waals surface area (Å²) in [6.07, 6.45) is 1.62. The van der Waals surface area contributed by atoms with Gasteiger partial charge >= 0.3 is 0 Å². The van der Waals surface area contributed by atoms with Gasteiger partial charge in [-0.1, -0.05) is 38.1 Å². The maximum absolute atomic E-state index is 12.7. The standard InChI is InChI=1S/C22H24N4O2/c1-13(2)21-19(25-16-9-10-23-20(11-16)24-15(4)27)12-18(22(28)26-21)17-8-6-5-7-14(17)3/h5-13H,1-4H3,(H,26,28)(H2,23,24,25,27). The summed E-state index contributed by atoms with van der Waals surface area (Å²) < 4.78 is 0. The van der Waals surface area contributed by atoms with Crippen LogP contribution in [0, 0.1) is 6.92 Å².